The summed E-state index contributed by atoms with van der Waals surface area (Å²) in [6.07, 6.45) is 1.13. The van der Waals surface area contributed by atoms with Gasteiger partial charge in [-0.15, -0.1) is 0 Å². The minimum Gasteiger partial charge on any atom is -0.355 e. The maximum atomic E-state index is 12.0. The zero-order valence-corrected chi connectivity index (χ0v) is 16.3. The second-order valence-corrected chi connectivity index (χ2v) is 6.92. The summed E-state index contributed by atoms with van der Waals surface area (Å²) in [5.41, 5.74) is 2.59. The van der Waals surface area contributed by atoms with Gasteiger partial charge in [0.2, 0.25) is 5.91 Å². The highest BCUT2D eigenvalue weighted by atomic mass is 16.2. The molecule has 0 bridgehead atoms. The molecule has 1 rings (SSSR count). The Hall–Kier alpha value is -1.88. The molecular formula is C20H34N3O2+. The summed E-state index contributed by atoms with van der Waals surface area (Å²) in [5.74, 6) is 0.700. The zero-order valence-electron chi connectivity index (χ0n) is 16.3. The van der Waals surface area contributed by atoms with Crippen LogP contribution in [-0.4, -0.2) is 31.4 Å². The summed E-state index contributed by atoms with van der Waals surface area (Å²) < 4.78 is 0. The SMILES string of the molecule is CCNC(=O)CNC(=O)C[NH2+][C@H](c1ccc([C@H](C)CC)cc1)C(C)C. The van der Waals surface area contributed by atoms with Gasteiger partial charge in [-0.25, -0.2) is 0 Å². The van der Waals surface area contributed by atoms with Gasteiger partial charge >= 0.3 is 0 Å². The van der Waals surface area contributed by atoms with Gasteiger partial charge in [-0.2, -0.15) is 0 Å². The highest BCUT2D eigenvalue weighted by Crippen LogP contribution is 2.22. The predicted octanol–water partition coefficient (Wildman–Crippen LogP) is 1.71. The van der Waals surface area contributed by atoms with Crippen LogP contribution < -0.4 is 16.0 Å². The number of nitrogens with two attached hydrogens (primary N) is 1. The van der Waals surface area contributed by atoms with Crippen molar-refractivity contribution in [1.82, 2.24) is 10.6 Å². The highest BCUT2D eigenvalue weighted by Gasteiger charge is 2.20. The second-order valence-electron chi connectivity index (χ2n) is 6.92. The molecule has 0 radical (unpaired) electrons. The molecule has 5 heteroatoms. The van der Waals surface area contributed by atoms with Crippen molar-refractivity contribution >= 4 is 11.8 Å². The van der Waals surface area contributed by atoms with Gasteiger partial charge < -0.3 is 16.0 Å². The number of likely N-dealkylation sites (N-methyl/N-ethyl adjacent to an activating group) is 1. The van der Waals surface area contributed by atoms with Crippen LogP contribution in [0.2, 0.25) is 0 Å². The molecule has 0 aliphatic rings. The van der Waals surface area contributed by atoms with Gasteiger partial charge in [0.15, 0.2) is 6.54 Å². The lowest BCUT2D eigenvalue weighted by atomic mass is 9.92. The fourth-order valence-electron chi connectivity index (χ4n) is 2.82. The summed E-state index contributed by atoms with van der Waals surface area (Å²) in [6.45, 7) is 11.5. The van der Waals surface area contributed by atoms with Crippen molar-refractivity contribution in [1.29, 1.82) is 0 Å². The van der Waals surface area contributed by atoms with E-state index in [0.717, 1.165) is 6.42 Å². The lowest BCUT2D eigenvalue weighted by molar-refractivity contribution is -0.692. The Morgan fingerprint density at radius 1 is 0.960 bits per heavy atom. The molecule has 1 aromatic rings. The maximum Gasteiger partial charge on any atom is 0.275 e. The topological polar surface area (TPSA) is 74.8 Å². The van der Waals surface area contributed by atoms with E-state index in [1.807, 2.05) is 6.92 Å². The Bertz CT molecular complexity index is 540. The van der Waals surface area contributed by atoms with E-state index in [0.29, 0.717) is 24.9 Å². The van der Waals surface area contributed by atoms with E-state index < -0.39 is 0 Å². The molecule has 0 aromatic heterocycles. The average molecular weight is 349 g/mol. The molecular weight excluding hydrogens is 314 g/mol. The van der Waals surface area contributed by atoms with Crippen molar-refractivity contribution in [3.8, 4) is 0 Å². The molecule has 0 heterocycles. The molecule has 25 heavy (non-hydrogen) atoms. The van der Waals surface area contributed by atoms with Crippen molar-refractivity contribution in [2.75, 3.05) is 19.6 Å². The monoisotopic (exact) mass is 348 g/mol. The number of nitrogens with one attached hydrogen (secondary N) is 2. The highest BCUT2D eigenvalue weighted by molar-refractivity contribution is 5.84. The third kappa shape index (κ3) is 7.26. The van der Waals surface area contributed by atoms with Gasteiger partial charge in [-0.05, 0) is 24.8 Å². The van der Waals surface area contributed by atoms with Gasteiger partial charge in [0.25, 0.3) is 5.91 Å². The van der Waals surface area contributed by atoms with E-state index in [2.05, 4.69) is 67.9 Å². The number of amides is 2. The molecule has 140 valence electrons. The number of benzene rings is 1. The molecule has 2 atom stereocenters. The van der Waals surface area contributed by atoms with E-state index in [-0.39, 0.29) is 24.4 Å². The van der Waals surface area contributed by atoms with E-state index >= 15 is 0 Å². The smallest absolute Gasteiger partial charge is 0.275 e. The normalized spacial score (nSPS) is 13.4. The standard InChI is InChI=1S/C20H33N3O2/c1-6-15(5)16-8-10-17(11-9-16)20(14(3)4)23-13-19(25)22-12-18(24)21-7-2/h8-11,14-15,20,23H,6-7,12-13H2,1-5H3,(H,21,24)(H,22,25)/p+1/t15-,20+/m1/s1. The van der Waals surface area contributed by atoms with Crippen LogP contribution in [-0.2, 0) is 9.59 Å². The van der Waals surface area contributed by atoms with Crippen molar-refractivity contribution in [2.45, 2.75) is 53.0 Å². The molecule has 2 amide bonds. The van der Waals surface area contributed by atoms with Crippen LogP contribution in [0.5, 0.6) is 0 Å². The zero-order chi connectivity index (χ0) is 18.8. The van der Waals surface area contributed by atoms with Crippen LogP contribution in [0.3, 0.4) is 0 Å². The fraction of sp³-hybridized carbons (Fsp3) is 0.600. The average Bonchev–Trinajstić information content (AvgIpc) is 2.60. The lowest BCUT2D eigenvalue weighted by Crippen LogP contribution is -2.88. The number of carbonyl (C=O) groups excluding carboxylic acids is 2. The first-order valence-electron chi connectivity index (χ1n) is 9.35. The maximum absolute atomic E-state index is 12.0. The van der Waals surface area contributed by atoms with Crippen molar-refractivity contribution in [3.63, 3.8) is 0 Å². The van der Waals surface area contributed by atoms with Gasteiger partial charge in [-0.3, -0.25) is 9.59 Å². The number of hydrogen-bond acceptors (Lipinski definition) is 2. The lowest BCUT2D eigenvalue weighted by Gasteiger charge is -2.20. The first kappa shape index (κ1) is 21.2. The van der Waals surface area contributed by atoms with E-state index in [1.165, 1.54) is 11.1 Å². The Balaban J connectivity index is 2.59. The molecule has 0 saturated heterocycles. The van der Waals surface area contributed by atoms with Gasteiger partial charge in [0, 0.05) is 18.0 Å². The van der Waals surface area contributed by atoms with E-state index in [9.17, 15) is 9.59 Å². The first-order chi connectivity index (χ1) is 11.9. The van der Waals surface area contributed by atoms with Crippen LogP contribution in [0.25, 0.3) is 0 Å². The minimum absolute atomic E-state index is 0.0382. The second kappa shape index (κ2) is 10.9. The van der Waals surface area contributed by atoms with Crippen LogP contribution in [0, 0.1) is 5.92 Å². The molecule has 5 nitrogen and oxygen atoms in total. The van der Waals surface area contributed by atoms with Gasteiger partial charge in [0.1, 0.15) is 6.04 Å². The first-order valence-corrected chi connectivity index (χ1v) is 9.35. The molecule has 4 N–H and O–H groups in total. The van der Waals surface area contributed by atoms with Crippen LogP contribution >= 0.6 is 0 Å². The molecule has 0 unspecified atom stereocenters. The fourth-order valence-corrected chi connectivity index (χ4v) is 2.82. The number of carbonyl (C=O) groups is 2. The number of quaternary nitrogens is 1. The van der Waals surface area contributed by atoms with Crippen LogP contribution in [0.4, 0.5) is 0 Å². The molecule has 0 aliphatic heterocycles. The van der Waals surface area contributed by atoms with Gasteiger partial charge in [-0.1, -0.05) is 52.0 Å². The largest absolute Gasteiger partial charge is 0.355 e. The van der Waals surface area contributed by atoms with Gasteiger partial charge in [0.05, 0.1) is 6.54 Å². The number of rotatable bonds is 10. The van der Waals surface area contributed by atoms with E-state index in [1.54, 1.807) is 0 Å². The summed E-state index contributed by atoms with van der Waals surface area (Å²) >= 11 is 0. The predicted molar refractivity (Wildman–Crippen MR) is 101 cm³/mol. The molecule has 0 fully saturated rings. The Morgan fingerprint density at radius 3 is 2.08 bits per heavy atom. The van der Waals surface area contributed by atoms with Crippen molar-refractivity contribution < 1.29 is 14.9 Å². The molecule has 0 spiro atoms. The summed E-state index contributed by atoms with van der Waals surface area (Å²) in [4.78, 5) is 23.4. The van der Waals surface area contributed by atoms with Crippen molar-refractivity contribution in [3.05, 3.63) is 35.4 Å². The van der Waals surface area contributed by atoms with Crippen LogP contribution in [0.15, 0.2) is 24.3 Å². The molecule has 0 saturated carbocycles. The third-order valence-electron chi connectivity index (χ3n) is 4.60. The van der Waals surface area contributed by atoms with Crippen molar-refractivity contribution in [2.24, 2.45) is 5.92 Å². The summed E-state index contributed by atoms with van der Waals surface area (Å²) in [6, 6.07) is 8.97. The quantitative estimate of drug-likeness (QED) is 0.602. The Kier molecular flexibility index (Phi) is 9.21. The summed E-state index contributed by atoms with van der Waals surface area (Å²) in [5, 5.41) is 7.38. The minimum atomic E-state index is -0.156. The summed E-state index contributed by atoms with van der Waals surface area (Å²) in [7, 11) is 0. The Labute approximate surface area is 152 Å². The number of hydrogen-bond donors (Lipinski definition) is 3. The van der Waals surface area contributed by atoms with Crippen LogP contribution in [0.1, 0.15) is 64.1 Å². The third-order valence-corrected chi connectivity index (χ3v) is 4.60. The Morgan fingerprint density at radius 2 is 1.56 bits per heavy atom. The van der Waals surface area contributed by atoms with E-state index in [4.69, 9.17) is 0 Å². The molecule has 0 aliphatic carbocycles. The molecule has 1 aromatic carbocycles.